The van der Waals surface area contributed by atoms with Crippen LogP contribution in [-0.2, 0) is 9.59 Å². The number of nitrogens with zero attached hydrogens (tertiary/aromatic N) is 1. The third kappa shape index (κ3) is 3.34. The summed E-state index contributed by atoms with van der Waals surface area (Å²) in [6, 6.07) is 13.4. The molecule has 0 aromatic heterocycles. The van der Waals surface area contributed by atoms with Crippen LogP contribution < -0.4 is 10.2 Å². The minimum Gasteiger partial charge on any atom is -0.322 e. The van der Waals surface area contributed by atoms with Crippen LogP contribution in [0.3, 0.4) is 0 Å². The zero-order valence-electron chi connectivity index (χ0n) is 15.3. The Hall–Kier alpha value is -2.92. The number of hydrogen-bond donors (Lipinski definition) is 1. The van der Waals surface area contributed by atoms with Gasteiger partial charge in [-0.1, -0.05) is 29.3 Å². The summed E-state index contributed by atoms with van der Waals surface area (Å²) in [5.41, 5.74) is 2.68. The highest BCUT2D eigenvalue weighted by atomic mass is 35.5. The fourth-order valence-electron chi connectivity index (χ4n) is 3.82. The van der Waals surface area contributed by atoms with E-state index < -0.39 is 0 Å². The lowest BCUT2D eigenvalue weighted by Crippen LogP contribution is -2.30. The number of allylic oxidation sites excluding steroid dienone is 2. The molecule has 0 radical (unpaired) electrons. The van der Waals surface area contributed by atoms with Crippen LogP contribution in [0.4, 0.5) is 11.4 Å². The number of amides is 3. The number of anilines is 2. The summed E-state index contributed by atoms with van der Waals surface area (Å²) in [6.07, 6.45) is 3.28. The Bertz CT molecular complexity index is 997. The van der Waals surface area contributed by atoms with Gasteiger partial charge in [0.05, 0.1) is 17.5 Å². The van der Waals surface area contributed by atoms with Gasteiger partial charge in [-0.3, -0.25) is 19.3 Å². The number of benzene rings is 2. The van der Waals surface area contributed by atoms with Gasteiger partial charge in [0.2, 0.25) is 11.8 Å². The van der Waals surface area contributed by atoms with Crippen LogP contribution in [0.25, 0.3) is 0 Å². The molecule has 142 valence electrons. The first-order chi connectivity index (χ1) is 13.4. The molecule has 2 aromatic carbocycles. The van der Waals surface area contributed by atoms with E-state index in [1.165, 1.54) is 4.90 Å². The lowest BCUT2D eigenvalue weighted by atomic mass is 9.82. The van der Waals surface area contributed by atoms with Gasteiger partial charge >= 0.3 is 0 Å². The molecule has 2 unspecified atom stereocenters. The second-order valence-corrected chi connectivity index (χ2v) is 7.66. The molecule has 2 aromatic rings. The molecule has 1 heterocycles. The molecule has 0 spiro atoms. The van der Waals surface area contributed by atoms with Gasteiger partial charge in [0.15, 0.2) is 0 Å². The predicted molar refractivity (Wildman–Crippen MR) is 108 cm³/mol. The number of halogens is 1. The van der Waals surface area contributed by atoms with Crippen molar-refractivity contribution in [1.29, 1.82) is 0 Å². The number of imide groups is 1. The van der Waals surface area contributed by atoms with Crippen LogP contribution in [0.5, 0.6) is 0 Å². The van der Waals surface area contributed by atoms with Gasteiger partial charge in [0.1, 0.15) is 0 Å². The maximum atomic E-state index is 12.8. The first kappa shape index (κ1) is 18.4. The molecule has 2 aliphatic rings. The zero-order valence-corrected chi connectivity index (χ0v) is 16.1. The molecule has 28 heavy (non-hydrogen) atoms. The minimum absolute atomic E-state index is 0.154. The van der Waals surface area contributed by atoms with Crippen molar-refractivity contribution in [3.63, 3.8) is 0 Å². The molecule has 3 amide bonds. The SMILES string of the molecule is CC1=CCC2C(=O)N(c3ccc(C(=O)Nc4cccc(Cl)c4)cc3)C(=O)C2C1. The van der Waals surface area contributed by atoms with Crippen LogP contribution in [-0.4, -0.2) is 17.7 Å². The van der Waals surface area contributed by atoms with E-state index in [1.54, 1.807) is 48.5 Å². The largest absolute Gasteiger partial charge is 0.322 e. The highest BCUT2D eigenvalue weighted by molar-refractivity contribution is 6.31. The summed E-state index contributed by atoms with van der Waals surface area (Å²) >= 11 is 5.93. The van der Waals surface area contributed by atoms with Crippen LogP contribution in [0, 0.1) is 11.8 Å². The third-order valence-electron chi connectivity index (χ3n) is 5.29. The smallest absolute Gasteiger partial charge is 0.255 e. The molecule has 0 bridgehead atoms. The van der Waals surface area contributed by atoms with Crippen molar-refractivity contribution >= 4 is 40.7 Å². The zero-order chi connectivity index (χ0) is 19.8. The fraction of sp³-hybridized carbons (Fsp3) is 0.227. The van der Waals surface area contributed by atoms with Crippen LogP contribution in [0.2, 0.25) is 5.02 Å². The number of carbonyl (C=O) groups is 3. The predicted octanol–water partition coefficient (Wildman–Crippen LogP) is 4.44. The van der Waals surface area contributed by atoms with Crippen molar-refractivity contribution in [2.24, 2.45) is 11.8 Å². The van der Waals surface area contributed by atoms with Crippen LogP contribution in [0.15, 0.2) is 60.2 Å². The van der Waals surface area contributed by atoms with Gasteiger partial charge in [0, 0.05) is 16.3 Å². The van der Waals surface area contributed by atoms with Crippen molar-refractivity contribution < 1.29 is 14.4 Å². The van der Waals surface area contributed by atoms with Gasteiger partial charge in [0.25, 0.3) is 5.91 Å². The molecule has 5 nitrogen and oxygen atoms in total. The van der Waals surface area contributed by atoms with E-state index in [4.69, 9.17) is 11.6 Å². The molecule has 1 aliphatic heterocycles. The Morgan fingerprint density at radius 3 is 2.50 bits per heavy atom. The molecule has 4 rings (SSSR count). The van der Waals surface area contributed by atoms with Crippen molar-refractivity contribution in [3.05, 3.63) is 70.8 Å². The highest BCUT2D eigenvalue weighted by Crippen LogP contribution is 2.39. The number of hydrogen-bond acceptors (Lipinski definition) is 3. The Labute approximate surface area is 168 Å². The maximum Gasteiger partial charge on any atom is 0.255 e. The van der Waals surface area contributed by atoms with E-state index in [0.29, 0.717) is 34.8 Å². The number of rotatable bonds is 3. The summed E-state index contributed by atoms with van der Waals surface area (Å²) in [5, 5.41) is 3.31. The quantitative estimate of drug-likeness (QED) is 0.618. The van der Waals surface area contributed by atoms with E-state index in [2.05, 4.69) is 5.32 Å². The lowest BCUT2D eigenvalue weighted by Gasteiger charge is -2.18. The Morgan fingerprint density at radius 1 is 1.07 bits per heavy atom. The third-order valence-corrected chi connectivity index (χ3v) is 5.53. The fourth-order valence-corrected chi connectivity index (χ4v) is 4.01. The molecule has 6 heteroatoms. The molecule has 1 N–H and O–H groups in total. The average molecular weight is 395 g/mol. The van der Waals surface area contributed by atoms with Crippen LogP contribution >= 0.6 is 11.6 Å². The Balaban J connectivity index is 1.51. The van der Waals surface area contributed by atoms with Gasteiger partial charge < -0.3 is 5.32 Å². The summed E-state index contributed by atoms with van der Waals surface area (Å²) in [7, 11) is 0. The Kier molecular flexibility index (Phi) is 4.77. The van der Waals surface area contributed by atoms with Gasteiger partial charge in [-0.25, -0.2) is 0 Å². The maximum absolute atomic E-state index is 12.8. The van der Waals surface area contributed by atoms with Crippen molar-refractivity contribution in [3.8, 4) is 0 Å². The van der Waals surface area contributed by atoms with Gasteiger partial charge in [-0.2, -0.15) is 0 Å². The molecular formula is C22H19ClN2O3. The monoisotopic (exact) mass is 394 g/mol. The number of nitrogens with one attached hydrogen (secondary N) is 1. The van der Waals surface area contributed by atoms with E-state index in [-0.39, 0.29) is 29.6 Å². The molecule has 0 saturated carbocycles. The average Bonchev–Trinajstić information content (AvgIpc) is 2.92. The summed E-state index contributed by atoms with van der Waals surface area (Å²) in [4.78, 5) is 39.2. The summed E-state index contributed by atoms with van der Waals surface area (Å²) < 4.78 is 0. The molecule has 2 atom stereocenters. The van der Waals surface area contributed by atoms with E-state index in [1.807, 2.05) is 13.0 Å². The molecule has 1 aliphatic carbocycles. The van der Waals surface area contributed by atoms with Crippen molar-refractivity contribution in [1.82, 2.24) is 0 Å². The summed E-state index contributed by atoms with van der Waals surface area (Å²) in [5.74, 6) is -1.15. The van der Waals surface area contributed by atoms with Crippen molar-refractivity contribution in [2.75, 3.05) is 10.2 Å². The topological polar surface area (TPSA) is 66.5 Å². The minimum atomic E-state index is -0.290. The van der Waals surface area contributed by atoms with Gasteiger partial charge in [-0.05, 0) is 62.2 Å². The first-order valence-electron chi connectivity index (χ1n) is 9.14. The molecule has 1 fully saturated rings. The first-order valence-corrected chi connectivity index (χ1v) is 9.52. The standard InChI is InChI=1S/C22H19ClN2O3/c1-13-5-10-18-19(11-13)22(28)25(21(18)27)17-8-6-14(7-9-17)20(26)24-16-4-2-3-15(23)12-16/h2-9,12,18-19H,10-11H2,1H3,(H,24,26). The highest BCUT2D eigenvalue weighted by Gasteiger charge is 2.48. The molecular weight excluding hydrogens is 376 g/mol. The second kappa shape index (κ2) is 7.24. The normalized spacial score (nSPS) is 21.4. The number of fused-ring (bicyclic) bond motifs is 1. The number of carbonyl (C=O) groups excluding carboxylic acids is 3. The van der Waals surface area contributed by atoms with Crippen LogP contribution in [0.1, 0.15) is 30.1 Å². The van der Waals surface area contributed by atoms with E-state index >= 15 is 0 Å². The van der Waals surface area contributed by atoms with Gasteiger partial charge in [-0.15, -0.1) is 0 Å². The molecule has 1 saturated heterocycles. The summed E-state index contributed by atoms with van der Waals surface area (Å²) in [6.45, 7) is 1.99. The van der Waals surface area contributed by atoms with Crippen molar-refractivity contribution in [2.45, 2.75) is 19.8 Å². The Morgan fingerprint density at radius 2 is 1.79 bits per heavy atom. The van der Waals surface area contributed by atoms with E-state index in [0.717, 1.165) is 5.57 Å². The van der Waals surface area contributed by atoms with E-state index in [9.17, 15) is 14.4 Å². The second-order valence-electron chi connectivity index (χ2n) is 7.23. The lowest BCUT2D eigenvalue weighted by molar-refractivity contribution is -0.122.